The first-order chi connectivity index (χ1) is 9.12. The molecule has 0 bridgehead atoms. The van der Waals surface area contributed by atoms with Crippen molar-refractivity contribution < 1.29 is 4.79 Å². The Hall–Kier alpha value is -0.0300. The van der Waals surface area contributed by atoms with Crippen molar-refractivity contribution in [1.29, 1.82) is 0 Å². The van der Waals surface area contributed by atoms with Crippen molar-refractivity contribution in [3.05, 3.63) is 0 Å². The number of nitrogens with one attached hydrogen (secondary N) is 1. The topological polar surface area (TPSA) is 58.4 Å². The Morgan fingerprint density at radius 3 is 2.29 bits per heavy atom. The number of hydrogen-bond donors (Lipinski definition) is 2. The van der Waals surface area contributed by atoms with E-state index in [9.17, 15) is 4.79 Å². The van der Waals surface area contributed by atoms with Crippen molar-refractivity contribution in [3.63, 3.8) is 0 Å². The average molecular weight is 340 g/mol. The van der Waals surface area contributed by atoms with E-state index in [0.29, 0.717) is 0 Å². The Bertz CT molecular complexity index is 303. The molecule has 2 aliphatic carbocycles. The fourth-order valence-electron chi connectivity index (χ4n) is 3.46. The summed E-state index contributed by atoms with van der Waals surface area (Å²) in [5, 5.41) is 3.04. The molecular formula is C15H31Cl2N3O. The van der Waals surface area contributed by atoms with E-state index in [1.807, 2.05) is 0 Å². The summed E-state index contributed by atoms with van der Waals surface area (Å²) in [7, 11) is 2.17. The fourth-order valence-corrected chi connectivity index (χ4v) is 3.46. The maximum absolute atomic E-state index is 12.2. The van der Waals surface area contributed by atoms with Gasteiger partial charge in [-0.05, 0) is 32.7 Å². The molecule has 0 aromatic rings. The van der Waals surface area contributed by atoms with Crippen LogP contribution in [0.5, 0.6) is 0 Å². The second kappa shape index (κ2) is 9.88. The first-order valence-corrected chi connectivity index (χ1v) is 7.89. The summed E-state index contributed by atoms with van der Waals surface area (Å²) in [6.07, 6.45) is 10.4. The number of nitrogens with two attached hydrogens (primary N) is 1. The Balaban J connectivity index is 0.00000200. The molecule has 21 heavy (non-hydrogen) atoms. The summed E-state index contributed by atoms with van der Waals surface area (Å²) in [4.78, 5) is 14.6. The molecule has 0 radical (unpaired) electrons. The third-order valence-corrected chi connectivity index (χ3v) is 4.90. The molecule has 0 aromatic carbocycles. The predicted molar refractivity (Wildman–Crippen MR) is 92.4 cm³/mol. The molecule has 3 N–H and O–H groups in total. The van der Waals surface area contributed by atoms with E-state index in [1.165, 1.54) is 32.1 Å². The maximum atomic E-state index is 12.2. The van der Waals surface area contributed by atoms with Gasteiger partial charge in [0.05, 0.1) is 5.54 Å². The van der Waals surface area contributed by atoms with Gasteiger partial charge in [0, 0.05) is 19.1 Å². The fraction of sp³-hybridized carbons (Fsp3) is 0.933. The number of carbonyl (C=O) groups is 1. The Labute approximate surface area is 141 Å². The highest BCUT2D eigenvalue weighted by atomic mass is 35.5. The van der Waals surface area contributed by atoms with Crippen molar-refractivity contribution in [2.75, 3.05) is 20.1 Å². The number of halogens is 2. The molecule has 1 amide bonds. The molecule has 0 aliphatic heterocycles. The first-order valence-electron chi connectivity index (χ1n) is 7.89. The SMILES string of the molecule is CN(CCNC(=O)C1(N)CCCCC1)C1CCCC1.Cl.Cl. The Morgan fingerprint density at radius 1 is 1.14 bits per heavy atom. The van der Waals surface area contributed by atoms with Gasteiger partial charge in [-0.25, -0.2) is 0 Å². The third-order valence-electron chi connectivity index (χ3n) is 4.90. The molecular weight excluding hydrogens is 309 g/mol. The van der Waals surface area contributed by atoms with Crippen LogP contribution in [0.15, 0.2) is 0 Å². The average Bonchev–Trinajstić information content (AvgIpc) is 2.93. The van der Waals surface area contributed by atoms with Crippen LogP contribution in [-0.4, -0.2) is 42.5 Å². The largest absolute Gasteiger partial charge is 0.353 e. The second-order valence-electron chi connectivity index (χ2n) is 6.39. The van der Waals surface area contributed by atoms with Gasteiger partial charge in [-0.3, -0.25) is 4.79 Å². The molecule has 2 fully saturated rings. The zero-order valence-electron chi connectivity index (χ0n) is 13.1. The summed E-state index contributed by atoms with van der Waals surface area (Å²) < 4.78 is 0. The zero-order valence-corrected chi connectivity index (χ0v) is 14.7. The van der Waals surface area contributed by atoms with Crippen molar-refractivity contribution in [2.45, 2.75) is 69.4 Å². The summed E-state index contributed by atoms with van der Waals surface area (Å²) in [5.74, 6) is 0.0621. The minimum atomic E-state index is -0.593. The number of carbonyl (C=O) groups excluding carboxylic acids is 1. The minimum absolute atomic E-state index is 0. The van der Waals surface area contributed by atoms with Crippen molar-refractivity contribution >= 4 is 30.7 Å². The van der Waals surface area contributed by atoms with Crippen molar-refractivity contribution in [3.8, 4) is 0 Å². The van der Waals surface area contributed by atoms with E-state index < -0.39 is 5.54 Å². The van der Waals surface area contributed by atoms with Gasteiger partial charge < -0.3 is 16.0 Å². The molecule has 0 atom stereocenters. The molecule has 4 nitrogen and oxygen atoms in total. The number of nitrogens with zero attached hydrogens (tertiary/aromatic N) is 1. The van der Waals surface area contributed by atoms with Crippen LogP contribution in [0.3, 0.4) is 0 Å². The van der Waals surface area contributed by atoms with E-state index in [-0.39, 0.29) is 30.7 Å². The highest BCUT2D eigenvalue weighted by molar-refractivity contribution is 5.86. The van der Waals surface area contributed by atoms with Crippen LogP contribution in [0.25, 0.3) is 0 Å². The van der Waals surface area contributed by atoms with E-state index >= 15 is 0 Å². The Morgan fingerprint density at radius 2 is 1.71 bits per heavy atom. The molecule has 0 heterocycles. The van der Waals surface area contributed by atoms with E-state index in [4.69, 9.17) is 5.73 Å². The predicted octanol–water partition coefficient (Wildman–Crippen LogP) is 2.48. The summed E-state index contributed by atoms with van der Waals surface area (Å²) in [6.45, 7) is 1.66. The molecule has 126 valence electrons. The summed E-state index contributed by atoms with van der Waals surface area (Å²) in [6, 6.07) is 0.721. The van der Waals surface area contributed by atoms with Crippen LogP contribution in [0.4, 0.5) is 0 Å². The molecule has 0 aromatic heterocycles. The lowest BCUT2D eigenvalue weighted by molar-refractivity contribution is -0.127. The monoisotopic (exact) mass is 339 g/mol. The van der Waals surface area contributed by atoms with Gasteiger partial charge in [-0.2, -0.15) is 0 Å². The standard InChI is InChI=1S/C15H29N3O.2ClH/c1-18(13-7-3-4-8-13)12-11-17-14(19)15(16)9-5-2-6-10-15;;/h13H,2-12,16H2,1H3,(H,17,19);2*1H. The molecule has 0 spiro atoms. The number of rotatable bonds is 5. The number of likely N-dealkylation sites (N-methyl/N-ethyl adjacent to an activating group) is 1. The van der Waals surface area contributed by atoms with Gasteiger partial charge >= 0.3 is 0 Å². The molecule has 2 saturated carbocycles. The zero-order chi connectivity index (χ0) is 13.7. The van der Waals surface area contributed by atoms with E-state index in [1.54, 1.807) is 0 Å². The molecule has 0 saturated heterocycles. The molecule has 2 rings (SSSR count). The lowest BCUT2D eigenvalue weighted by Gasteiger charge is -2.32. The highest BCUT2D eigenvalue weighted by Gasteiger charge is 2.34. The normalized spacial score (nSPS) is 21.5. The van der Waals surface area contributed by atoms with E-state index in [2.05, 4.69) is 17.3 Å². The van der Waals surface area contributed by atoms with Crippen LogP contribution >= 0.6 is 24.8 Å². The van der Waals surface area contributed by atoms with Crippen LogP contribution < -0.4 is 11.1 Å². The number of amides is 1. The van der Waals surface area contributed by atoms with Gasteiger partial charge in [-0.15, -0.1) is 24.8 Å². The van der Waals surface area contributed by atoms with Crippen LogP contribution in [0, 0.1) is 0 Å². The van der Waals surface area contributed by atoms with Crippen molar-refractivity contribution in [2.24, 2.45) is 5.73 Å². The van der Waals surface area contributed by atoms with E-state index in [0.717, 1.165) is 44.8 Å². The molecule has 6 heteroatoms. The molecule has 2 aliphatic rings. The van der Waals surface area contributed by atoms with Crippen LogP contribution in [0.2, 0.25) is 0 Å². The first kappa shape index (κ1) is 21.0. The van der Waals surface area contributed by atoms with Gasteiger partial charge in [0.25, 0.3) is 0 Å². The highest BCUT2D eigenvalue weighted by Crippen LogP contribution is 2.26. The van der Waals surface area contributed by atoms with Gasteiger partial charge in [-0.1, -0.05) is 32.1 Å². The lowest BCUT2D eigenvalue weighted by atomic mass is 9.82. The van der Waals surface area contributed by atoms with Crippen LogP contribution in [-0.2, 0) is 4.79 Å². The quantitative estimate of drug-likeness (QED) is 0.808. The van der Waals surface area contributed by atoms with Gasteiger partial charge in [0.2, 0.25) is 5.91 Å². The summed E-state index contributed by atoms with van der Waals surface area (Å²) in [5.41, 5.74) is 5.62. The summed E-state index contributed by atoms with van der Waals surface area (Å²) >= 11 is 0. The maximum Gasteiger partial charge on any atom is 0.240 e. The second-order valence-corrected chi connectivity index (χ2v) is 6.39. The van der Waals surface area contributed by atoms with Gasteiger partial charge in [0.15, 0.2) is 0 Å². The smallest absolute Gasteiger partial charge is 0.240 e. The minimum Gasteiger partial charge on any atom is -0.353 e. The van der Waals surface area contributed by atoms with Crippen LogP contribution in [0.1, 0.15) is 57.8 Å². The molecule has 0 unspecified atom stereocenters. The van der Waals surface area contributed by atoms with Gasteiger partial charge in [0.1, 0.15) is 0 Å². The number of hydrogen-bond acceptors (Lipinski definition) is 3. The van der Waals surface area contributed by atoms with Crippen molar-refractivity contribution in [1.82, 2.24) is 10.2 Å². The third kappa shape index (κ3) is 5.93. The lowest BCUT2D eigenvalue weighted by Crippen LogP contribution is -2.55. The Kier molecular flexibility index (Phi) is 9.87.